The van der Waals surface area contributed by atoms with Crippen molar-refractivity contribution in [1.29, 1.82) is 0 Å². The van der Waals surface area contributed by atoms with E-state index in [9.17, 15) is 14.7 Å². The molecular weight excluding hydrogens is 449 g/mol. The molecule has 8 heteroatoms. The highest BCUT2D eigenvalue weighted by molar-refractivity contribution is 6.42. The summed E-state index contributed by atoms with van der Waals surface area (Å²) < 4.78 is 0. The van der Waals surface area contributed by atoms with E-state index in [0.717, 1.165) is 44.5 Å². The van der Waals surface area contributed by atoms with Gasteiger partial charge >= 0.3 is 0 Å². The Morgan fingerprint density at radius 1 is 1.22 bits per heavy atom. The van der Waals surface area contributed by atoms with Gasteiger partial charge in [0.15, 0.2) is 0 Å². The lowest BCUT2D eigenvalue weighted by atomic mass is 9.82. The normalized spacial score (nSPS) is 20.3. The van der Waals surface area contributed by atoms with E-state index in [1.165, 1.54) is 0 Å². The largest absolute Gasteiger partial charge is 0.395 e. The van der Waals surface area contributed by atoms with Gasteiger partial charge in [-0.2, -0.15) is 0 Å². The van der Waals surface area contributed by atoms with Crippen molar-refractivity contribution in [1.82, 2.24) is 14.7 Å². The van der Waals surface area contributed by atoms with E-state index in [4.69, 9.17) is 23.2 Å². The van der Waals surface area contributed by atoms with Crippen LogP contribution >= 0.6 is 23.2 Å². The summed E-state index contributed by atoms with van der Waals surface area (Å²) in [5, 5.41) is 10.4. The number of hydrogen-bond donors (Lipinski definition) is 1. The number of aliphatic hydroxyl groups is 1. The molecular formula is C24H34Cl2N3O3. The van der Waals surface area contributed by atoms with Crippen molar-refractivity contribution < 1.29 is 14.7 Å². The topological polar surface area (TPSA) is 64.1 Å². The predicted octanol–water partition coefficient (Wildman–Crippen LogP) is 3.60. The van der Waals surface area contributed by atoms with Crippen molar-refractivity contribution in [3.05, 3.63) is 40.7 Å². The molecule has 2 aliphatic rings. The number of aliphatic hydroxyl groups excluding tert-OH is 1. The van der Waals surface area contributed by atoms with Crippen molar-refractivity contribution in [3.8, 4) is 0 Å². The van der Waals surface area contributed by atoms with Crippen LogP contribution in [0.1, 0.15) is 50.0 Å². The van der Waals surface area contributed by atoms with Gasteiger partial charge in [0, 0.05) is 39.6 Å². The molecule has 1 atom stereocenters. The summed E-state index contributed by atoms with van der Waals surface area (Å²) in [4.78, 5) is 32.0. The van der Waals surface area contributed by atoms with E-state index in [-0.39, 0.29) is 30.9 Å². The number of nitrogens with zero attached hydrogens (tertiary/aromatic N) is 3. The smallest absolute Gasteiger partial charge is 0.248 e. The standard InChI is InChI=1S/C24H34Cl2N3O3/c1-18(19-6-7-20(25)21(26)17-19)8-12-28-13-9-24(10-14-28,23(32)27(2)15-16-30)29-11-4-3-5-22(29)31/h6-7,17-18,30H,1,3-5,8-16H2,2H3. The maximum Gasteiger partial charge on any atom is 0.248 e. The molecule has 2 heterocycles. The number of amides is 2. The summed E-state index contributed by atoms with van der Waals surface area (Å²) in [7, 11) is 1.71. The third-order valence-corrected chi connectivity index (χ3v) is 7.65. The highest BCUT2D eigenvalue weighted by atomic mass is 35.5. The molecule has 2 aliphatic heterocycles. The summed E-state index contributed by atoms with van der Waals surface area (Å²) in [5.74, 6) is 0.123. The molecule has 2 saturated heterocycles. The van der Waals surface area contributed by atoms with E-state index in [1.54, 1.807) is 18.0 Å². The molecule has 0 saturated carbocycles. The van der Waals surface area contributed by atoms with E-state index in [0.29, 0.717) is 35.9 Å². The number of likely N-dealkylation sites (N-methyl/N-ethyl adjacent to an activating group) is 1. The molecule has 1 unspecified atom stereocenters. The Bertz CT molecular complexity index is 812. The van der Waals surface area contributed by atoms with Crippen molar-refractivity contribution in [2.24, 2.45) is 0 Å². The third-order valence-electron chi connectivity index (χ3n) is 6.91. The van der Waals surface area contributed by atoms with E-state index in [2.05, 4.69) is 11.8 Å². The molecule has 1 N–H and O–H groups in total. The minimum atomic E-state index is -0.800. The minimum absolute atomic E-state index is 0.0488. The molecule has 1 aromatic rings. The number of carbonyl (C=O) groups is 2. The van der Waals surface area contributed by atoms with Crippen LogP contribution < -0.4 is 0 Å². The van der Waals surface area contributed by atoms with Gasteiger partial charge in [-0.15, -0.1) is 0 Å². The molecule has 0 aromatic heterocycles. The van der Waals surface area contributed by atoms with Gasteiger partial charge in [-0.05, 0) is 69.2 Å². The molecule has 0 bridgehead atoms. The fraction of sp³-hybridized carbons (Fsp3) is 0.625. The molecule has 0 aliphatic carbocycles. The van der Waals surface area contributed by atoms with Gasteiger partial charge in [0.05, 0.1) is 16.7 Å². The van der Waals surface area contributed by atoms with Crippen molar-refractivity contribution in [2.75, 3.05) is 46.4 Å². The van der Waals surface area contributed by atoms with Gasteiger partial charge < -0.3 is 19.8 Å². The number of benzene rings is 1. The zero-order valence-corrected chi connectivity index (χ0v) is 20.4. The maximum atomic E-state index is 13.4. The van der Waals surface area contributed by atoms with Crippen LogP contribution in [0.5, 0.6) is 0 Å². The summed E-state index contributed by atoms with van der Waals surface area (Å²) in [6.07, 6.45) is 4.42. The average Bonchev–Trinajstić information content (AvgIpc) is 2.79. The number of hydrogen-bond acceptors (Lipinski definition) is 4. The fourth-order valence-corrected chi connectivity index (χ4v) is 5.19. The van der Waals surface area contributed by atoms with Gasteiger partial charge in [0.2, 0.25) is 11.8 Å². The first-order valence-corrected chi connectivity index (χ1v) is 12.2. The third kappa shape index (κ3) is 5.58. The quantitative estimate of drug-likeness (QED) is 0.614. The molecule has 177 valence electrons. The summed E-state index contributed by atoms with van der Waals surface area (Å²) in [6.45, 7) is 7.46. The Balaban J connectivity index is 1.65. The van der Waals surface area contributed by atoms with E-state index < -0.39 is 5.54 Å². The highest BCUT2D eigenvalue weighted by Crippen LogP contribution is 2.35. The first kappa shape index (κ1) is 25.3. The minimum Gasteiger partial charge on any atom is -0.395 e. The first-order chi connectivity index (χ1) is 15.3. The molecule has 1 radical (unpaired) electrons. The summed E-state index contributed by atoms with van der Waals surface area (Å²) in [5.41, 5.74) is 0.261. The van der Waals surface area contributed by atoms with Gasteiger partial charge in [-0.1, -0.05) is 29.3 Å². The molecule has 6 nitrogen and oxygen atoms in total. The SMILES string of the molecule is [CH2]C(CCN1CCC(C(=O)N(C)CCO)(N2CCCCC2=O)CC1)c1ccc(Cl)c(Cl)c1. The second kappa shape index (κ2) is 11.2. The van der Waals surface area contributed by atoms with Crippen LogP contribution in [0, 0.1) is 6.92 Å². The van der Waals surface area contributed by atoms with Crippen LogP contribution in [0.3, 0.4) is 0 Å². The second-order valence-corrected chi connectivity index (χ2v) is 9.80. The van der Waals surface area contributed by atoms with Crippen molar-refractivity contribution in [3.63, 3.8) is 0 Å². The Morgan fingerprint density at radius 2 is 1.94 bits per heavy atom. The fourth-order valence-electron chi connectivity index (χ4n) is 4.88. The Labute approximate surface area is 201 Å². The molecule has 0 spiro atoms. The van der Waals surface area contributed by atoms with Crippen molar-refractivity contribution >= 4 is 35.0 Å². The monoisotopic (exact) mass is 482 g/mol. The number of likely N-dealkylation sites (tertiary alicyclic amines) is 2. The van der Waals surface area contributed by atoms with Gasteiger partial charge in [-0.25, -0.2) is 0 Å². The van der Waals surface area contributed by atoms with Crippen LogP contribution in [-0.2, 0) is 9.59 Å². The molecule has 1 aromatic carbocycles. The number of carbonyl (C=O) groups excluding carboxylic acids is 2. The first-order valence-electron chi connectivity index (χ1n) is 11.5. The lowest BCUT2D eigenvalue weighted by Crippen LogP contribution is -2.65. The Kier molecular flexibility index (Phi) is 8.84. The molecule has 32 heavy (non-hydrogen) atoms. The summed E-state index contributed by atoms with van der Waals surface area (Å²) >= 11 is 12.2. The lowest BCUT2D eigenvalue weighted by molar-refractivity contribution is -0.159. The zero-order valence-electron chi connectivity index (χ0n) is 18.9. The van der Waals surface area contributed by atoms with Crippen LogP contribution in [-0.4, -0.2) is 83.5 Å². The zero-order chi connectivity index (χ0) is 23.3. The van der Waals surface area contributed by atoms with Crippen molar-refractivity contribution in [2.45, 2.75) is 50.0 Å². The Morgan fingerprint density at radius 3 is 2.56 bits per heavy atom. The predicted molar refractivity (Wildman–Crippen MR) is 128 cm³/mol. The second-order valence-electron chi connectivity index (χ2n) is 8.99. The van der Waals surface area contributed by atoms with Gasteiger partial charge in [0.1, 0.15) is 5.54 Å². The lowest BCUT2D eigenvalue weighted by Gasteiger charge is -2.50. The highest BCUT2D eigenvalue weighted by Gasteiger charge is 2.49. The van der Waals surface area contributed by atoms with Crippen LogP contribution in [0.15, 0.2) is 18.2 Å². The van der Waals surface area contributed by atoms with Crippen LogP contribution in [0.2, 0.25) is 10.0 Å². The molecule has 2 fully saturated rings. The van der Waals surface area contributed by atoms with Gasteiger partial charge in [-0.3, -0.25) is 9.59 Å². The summed E-state index contributed by atoms with van der Waals surface area (Å²) in [6, 6.07) is 5.64. The molecule has 2 amide bonds. The number of piperidine rings is 2. The van der Waals surface area contributed by atoms with E-state index >= 15 is 0 Å². The van der Waals surface area contributed by atoms with E-state index in [1.807, 2.05) is 17.0 Å². The number of rotatable bonds is 8. The van der Waals surface area contributed by atoms with Crippen LogP contribution in [0.25, 0.3) is 0 Å². The maximum absolute atomic E-state index is 13.4. The van der Waals surface area contributed by atoms with Crippen LogP contribution in [0.4, 0.5) is 0 Å². The Hall–Kier alpha value is -1.34. The average molecular weight is 483 g/mol. The molecule has 3 rings (SSSR count). The number of halogens is 2. The van der Waals surface area contributed by atoms with Gasteiger partial charge in [0.25, 0.3) is 0 Å².